The van der Waals surface area contributed by atoms with Crippen LogP contribution in [-0.2, 0) is 6.54 Å². The van der Waals surface area contributed by atoms with Gasteiger partial charge in [-0.3, -0.25) is 4.90 Å². The van der Waals surface area contributed by atoms with Crippen LogP contribution in [0.25, 0.3) is 0 Å². The Kier molecular flexibility index (Phi) is 6.69. The molecule has 1 unspecified atom stereocenters. The van der Waals surface area contributed by atoms with Gasteiger partial charge in [-0.05, 0) is 50.3 Å². The number of allylic oxidation sites excluding steroid dienone is 2. The second-order valence-electron chi connectivity index (χ2n) is 7.05. The lowest BCUT2D eigenvalue weighted by molar-refractivity contribution is 0.172. The van der Waals surface area contributed by atoms with Crippen LogP contribution in [0.2, 0.25) is 0 Å². The Hall–Kier alpha value is -2.07. The molecule has 2 aliphatic rings. The molecule has 0 aromatic heterocycles. The standard InChI is InChI=1S/C21H29N3O/c25-21(23-20-9-5-2-6-10-20)22-14-11-18-12-15-24(16-13-18)17-19-7-3-1-4-8-19/h1-9,18,20H,10-17H2,(H2,22,23,25). The van der Waals surface area contributed by atoms with E-state index in [4.69, 9.17) is 0 Å². The van der Waals surface area contributed by atoms with Crippen LogP contribution in [0.3, 0.4) is 0 Å². The fraction of sp³-hybridized carbons (Fsp3) is 0.476. The van der Waals surface area contributed by atoms with Gasteiger partial charge >= 0.3 is 6.03 Å². The first-order valence-electron chi connectivity index (χ1n) is 9.43. The zero-order valence-electron chi connectivity index (χ0n) is 14.9. The van der Waals surface area contributed by atoms with E-state index in [-0.39, 0.29) is 12.1 Å². The second-order valence-corrected chi connectivity index (χ2v) is 7.05. The molecule has 1 aromatic carbocycles. The summed E-state index contributed by atoms with van der Waals surface area (Å²) in [4.78, 5) is 14.5. The van der Waals surface area contributed by atoms with Gasteiger partial charge in [0.15, 0.2) is 0 Å². The Balaban J connectivity index is 1.28. The summed E-state index contributed by atoms with van der Waals surface area (Å²) in [7, 11) is 0. The Morgan fingerprint density at radius 3 is 2.64 bits per heavy atom. The molecule has 1 aromatic rings. The molecule has 134 valence electrons. The van der Waals surface area contributed by atoms with Gasteiger partial charge in [-0.2, -0.15) is 0 Å². The topological polar surface area (TPSA) is 44.4 Å². The highest BCUT2D eigenvalue weighted by Crippen LogP contribution is 2.21. The van der Waals surface area contributed by atoms with Gasteiger partial charge in [0.05, 0.1) is 6.04 Å². The number of urea groups is 1. The Morgan fingerprint density at radius 2 is 1.92 bits per heavy atom. The molecule has 25 heavy (non-hydrogen) atoms. The van der Waals surface area contributed by atoms with Crippen molar-refractivity contribution in [1.29, 1.82) is 0 Å². The largest absolute Gasteiger partial charge is 0.338 e. The lowest BCUT2D eigenvalue weighted by Gasteiger charge is -2.32. The van der Waals surface area contributed by atoms with Crippen LogP contribution in [0.4, 0.5) is 4.79 Å². The summed E-state index contributed by atoms with van der Waals surface area (Å²) >= 11 is 0. The molecule has 2 N–H and O–H groups in total. The molecule has 1 aliphatic heterocycles. The number of benzene rings is 1. The van der Waals surface area contributed by atoms with Crippen molar-refractivity contribution in [3.8, 4) is 0 Å². The van der Waals surface area contributed by atoms with Crippen LogP contribution >= 0.6 is 0 Å². The SMILES string of the molecule is O=C(NCCC1CCN(Cc2ccccc2)CC1)NC1C=CC=CC1. The zero-order chi connectivity index (χ0) is 17.3. The molecule has 4 heteroatoms. The Bertz CT molecular complexity index is 588. The van der Waals surface area contributed by atoms with Gasteiger partial charge in [-0.25, -0.2) is 4.79 Å². The highest BCUT2D eigenvalue weighted by atomic mass is 16.2. The highest BCUT2D eigenvalue weighted by Gasteiger charge is 2.19. The molecule has 1 heterocycles. The fourth-order valence-corrected chi connectivity index (χ4v) is 3.57. The summed E-state index contributed by atoms with van der Waals surface area (Å²) in [5.74, 6) is 0.727. The van der Waals surface area contributed by atoms with Crippen LogP contribution < -0.4 is 10.6 Å². The second kappa shape index (κ2) is 9.42. The van der Waals surface area contributed by atoms with Gasteiger partial charge < -0.3 is 10.6 Å². The summed E-state index contributed by atoms with van der Waals surface area (Å²) in [6.45, 7) is 4.13. The minimum absolute atomic E-state index is 0.0496. The van der Waals surface area contributed by atoms with Gasteiger partial charge in [0.1, 0.15) is 0 Å². The van der Waals surface area contributed by atoms with Crippen molar-refractivity contribution in [2.45, 2.75) is 38.3 Å². The maximum Gasteiger partial charge on any atom is 0.315 e. The van der Waals surface area contributed by atoms with Crippen LogP contribution in [0.15, 0.2) is 54.6 Å². The third-order valence-electron chi connectivity index (χ3n) is 5.09. The van der Waals surface area contributed by atoms with Crippen LogP contribution in [0, 0.1) is 5.92 Å². The van der Waals surface area contributed by atoms with Crippen molar-refractivity contribution in [3.63, 3.8) is 0 Å². The number of hydrogen-bond acceptors (Lipinski definition) is 2. The average Bonchev–Trinajstić information content (AvgIpc) is 2.65. The minimum atomic E-state index is -0.0496. The number of likely N-dealkylation sites (tertiary alicyclic amines) is 1. The first-order valence-corrected chi connectivity index (χ1v) is 9.43. The number of carbonyl (C=O) groups excluding carboxylic acids is 1. The van der Waals surface area contributed by atoms with Crippen LogP contribution in [0.1, 0.15) is 31.2 Å². The predicted molar refractivity (Wildman–Crippen MR) is 102 cm³/mol. The van der Waals surface area contributed by atoms with E-state index in [0.717, 1.165) is 44.9 Å². The van der Waals surface area contributed by atoms with E-state index in [0.29, 0.717) is 0 Å². The van der Waals surface area contributed by atoms with E-state index in [1.54, 1.807) is 0 Å². The number of carbonyl (C=O) groups is 1. The Labute approximate surface area is 151 Å². The van der Waals surface area contributed by atoms with Gasteiger partial charge in [-0.15, -0.1) is 0 Å². The zero-order valence-corrected chi connectivity index (χ0v) is 14.9. The number of nitrogens with zero attached hydrogens (tertiary/aromatic N) is 1. The van der Waals surface area contributed by atoms with Gasteiger partial charge in [-0.1, -0.05) is 54.6 Å². The third-order valence-corrected chi connectivity index (χ3v) is 5.09. The van der Waals surface area contributed by atoms with Crippen molar-refractivity contribution >= 4 is 6.03 Å². The molecule has 2 amide bonds. The molecular formula is C21H29N3O. The first-order chi connectivity index (χ1) is 12.3. The fourth-order valence-electron chi connectivity index (χ4n) is 3.57. The molecule has 0 saturated carbocycles. The molecule has 4 nitrogen and oxygen atoms in total. The van der Waals surface area contributed by atoms with Crippen molar-refractivity contribution < 1.29 is 4.79 Å². The summed E-state index contributed by atoms with van der Waals surface area (Å²) < 4.78 is 0. The first kappa shape index (κ1) is 17.7. The van der Waals surface area contributed by atoms with E-state index in [2.05, 4.69) is 51.9 Å². The van der Waals surface area contributed by atoms with E-state index in [9.17, 15) is 4.79 Å². The number of nitrogens with one attached hydrogen (secondary N) is 2. The molecule has 0 spiro atoms. The van der Waals surface area contributed by atoms with Gasteiger partial charge in [0, 0.05) is 13.1 Å². The average molecular weight is 339 g/mol. The number of rotatable bonds is 6. The maximum atomic E-state index is 11.9. The lowest BCUT2D eigenvalue weighted by atomic mass is 9.93. The summed E-state index contributed by atoms with van der Waals surface area (Å²) in [5, 5.41) is 6.00. The van der Waals surface area contributed by atoms with E-state index in [1.807, 2.05) is 18.2 Å². The third kappa shape index (κ3) is 6.05. The molecule has 1 saturated heterocycles. The molecular weight excluding hydrogens is 310 g/mol. The lowest BCUT2D eigenvalue weighted by Crippen LogP contribution is -2.42. The molecule has 1 aliphatic carbocycles. The predicted octanol–water partition coefficient (Wildman–Crippen LogP) is 3.47. The molecule has 1 fully saturated rings. The summed E-state index contributed by atoms with van der Waals surface area (Å²) in [5.41, 5.74) is 1.39. The normalized spacial score (nSPS) is 21.2. The maximum absolute atomic E-state index is 11.9. The van der Waals surface area contributed by atoms with Gasteiger partial charge in [0.2, 0.25) is 0 Å². The number of piperidine rings is 1. The molecule has 0 radical (unpaired) electrons. The molecule has 1 atom stereocenters. The van der Waals surface area contributed by atoms with Crippen molar-refractivity contribution in [1.82, 2.24) is 15.5 Å². The van der Waals surface area contributed by atoms with Gasteiger partial charge in [0.25, 0.3) is 0 Å². The summed E-state index contributed by atoms with van der Waals surface area (Å²) in [6.07, 6.45) is 12.5. The highest BCUT2D eigenvalue weighted by molar-refractivity contribution is 5.74. The molecule has 0 bridgehead atoms. The van der Waals surface area contributed by atoms with Crippen molar-refractivity contribution in [2.24, 2.45) is 5.92 Å². The van der Waals surface area contributed by atoms with E-state index in [1.165, 1.54) is 18.4 Å². The Morgan fingerprint density at radius 1 is 1.12 bits per heavy atom. The van der Waals surface area contributed by atoms with Crippen molar-refractivity contribution in [2.75, 3.05) is 19.6 Å². The van der Waals surface area contributed by atoms with E-state index < -0.39 is 0 Å². The number of amides is 2. The van der Waals surface area contributed by atoms with Crippen molar-refractivity contribution in [3.05, 3.63) is 60.2 Å². The molecule has 3 rings (SSSR count). The summed E-state index contributed by atoms with van der Waals surface area (Å²) in [6, 6.07) is 10.8. The smallest absolute Gasteiger partial charge is 0.315 e. The van der Waals surface area contributed by atoms with Crippen LogP contribution in [-0.4, -0.2) is 36.6 Å². The van der Waals surface area contributed by atoms with E-state index >= 15 is 0 Å². The quantitative estimate of drug-likeness (QED) is 0.833. The minimum Gasteiger partial charge on any atom is -0.338 e. The number of hydrogen-bond donors (Lipinski definition) is 2. The monoisotopic (exact) mass is 339 g/mol. The van der Waals surface area contributed by atoms with Crippen LogP contribution in [0.5, 0.6) is 0 Å².